The summed E-state index contributed by atoms with van der Waals surface area (Å²) in [6, 6.07) is 5.61. The van der Waals surface area contributed by atoms with Crippen LogP contribution in [0.5, 0.6) is 0 Å². The predicted octanol–water partition coefficient (Wildman–Crippen LogP) is 3.53. The highest BCUT2D eigenvalue weighted by molar-refractivity contribution is 9.10. The maximum atomic E-state index is 5.94. The summed E-state index contributed by atoms with van der Waals surface area (Å²) >= 11 is 9.30. The molecule has 0 spiro atoms. The molecule has 88 valence electrons. The Morgan fingerprint density at radius 3 is 2.94 bits per heavy atom. The zero-order valence-electron chi connectivity index (χ0n) is 9.04. The lowest BCUT2D eigenvalue weighted by Gasteiger charge is -2.10. The lowest BCUT2D eigenvalue weighted by atomic mass is 10.2. The zero-order valence-corrected chi connectivity index (χ0v) is 11.4. The molecule has 2 rings (SSSR count). The molecule has 6 heteroatoms. The van der Waals surface area contributed by atoms with Crippen LogP contribution in [0.25, 0.3) is 0 Å². The number of nitrogens with one attached hydrogen (secondary N) is 1. The van der Waals surface area contributed by atoms with Crippen molar-refractivity contribution in [3.05, 3.63) is 39.5 Å². The van der Waals surface area contributed by atoms with Crippen LogP contribution in [0.4, 0.5) is 17.5 Å². The second kappa shape index (κ2) is 4.89. The lowest BCUT2D eigenvalue weighted by Crippen LogP contribution is -2.01. The van der Waals surface area contributed by atoms with Crippen molar-refractivity contribution in [2.75, 3.05) is 11.1 Å². The first kappa shape index (κ1) is 12.1. The van der Waals surface area contributed by atoms with E-state index in [9.17, 15) is 0 Å². The number of hydrogen-bond donors (Lipinski definition) is 2. The van der Waals surface area contributed by atoms with Crippen LogP contribution in [0.3, 0.4) is 0 Å². The summed E-state index contributed by atoms with van der Waals surface area (Å²) in [5, 5.41) is 3.82. The molecule has 0 bridgehead atoms. The minimum atomic E-state index is 0.218. The highest BCUT2D eigenvalue weighted by Crippen LogP contribution is 2.27. The Labute approximate surface area is 112 Å². The van der Waals surface area contributed by atoms with Gasteiger partial charge in [-0.3, -0.25) is 0 Å². The molecule has 2 aromatic rings. The van der Waals surface area contributed by atoms with E-state index in [0.717, 1.165) is 15.7 Å². The van der Waals surface area contributed by atoms with Gasteiger partial charge in [-0.2, -0.15) is 4.98 Å². The van der Waals surface area contributed by atoms with Gasteiger partial charge in [0.25, 0.3) is 0 Å². The first-order valence-corrected chi connectivity index (χ1v) is 6.04. The maximum Gasteiger partial charge on any atom is 0.222 e. The highest BCUT2D eigenvalue weighted by atomic mass is 79.9. The zero-order chi connectivity index (χ0) is 12.4. The number of hydrogen-bond acceptors (Lipinski definition) is 4. The van der Waals surface area contributed by atoms with E-state index in [1.165, 1.54) is 0 Å². The topological polar surface area (TPSA) is 63.8 Å². The van der Waals surface area contributed by atoms with E-state index < -0.39 is 0 Å². The summed E-state index contributed by atoms with van der Waals surface area (Å²) in [6.07, 6.45) is 1.60. The van der Waals surface area contributed by atoms with Crippen LogP contribution >= 0.6 is 27.5 Å². The average molecular weight is 314 g/mol. The fourth-order valence-corrected chi connectivity index (χ4v) is 1.79. The van der Waals surface area contributed by atoms with Gasteiger partial charge in [-0.1, -0.05) is 17.7 Å². The monoisotopic (exact) mass is 312 g/mol. The van der Waals surface area contributed by atoms with E-state index in [4.69, 9.17) is 17.3 Å². The molecule has 1 aromatic heterocycles. The SMILES string of the molecule is Cc1ccc(Cl)cc1Nc1nc(N)ncc1Br. The Morgan fingerprint density at radius 1 is 1.41 bits per heavy atom. The number of halogens is 2. The van der Waals surface area contributed by atoms with Gasteiger partial charge < -0.3 is 11.1 Å². The van der Waals surface area contributed by atoms with Crippen LogP contribution < -0.4 is 11.1 Å². The van der Waals surface area contributed by atoms with Gasteiger partial charge in [-0.15, -0.1) is 0 Å². The maximum absolute atomic E-state index is 5.94. The van der Waals surface area contributed by atoms with Crippen molar-refractivity contribution in [1.29, 1.82) is 0 Å². The third kappa shape index (κ3) is 2.87. The Bertz CT molecular complexity index is 510. The summed E-state index contributed by atoms with van der Waals surface area (Å²) in [6.45, 7) is 1.98. The fraction of sp³-hybridized carbons (Fsp3) is 0.0909. The molecule has 0 fully saturated rings. The summed E-state index contributed by atoms with van der Waals surface area (Å²) < 4.78 is 0.742. The largest absolute Gasteiger partial charge is 0.368 e. The molecule has 0 amide bonds. The van der Waals surface area contributed by atoms with E-state index in [1.54, 1.807) is 6.20 Å². The minimum Gasteiger partial charge on any atom is -0.368 e. The van der Waals surface area contributed by atoms with E-state index in [0.29, 0.717) is 10.8 Å². The van der Waals surface area contributed by atoms with Crippen molar-refractivity contribution >= 4 is 45.0 Å². The first-order chi connectivity index (χ1) is 8.06. The average Bonchev–Trinajstić information content (AvgIpc) is 2.28. The molecule has 0 atom stereocenters. The summed E-state index contributed by atoms with van der Waals surface area (Å²) in [5.74, 6) is 0.832. The van der Waals surface area contributed by atoms with Crippen molar-refractivity contribution < 1.29 is 0 Å². The van der Waals surface area contributed by atoms with Gasteiger partial charge in [0.05, 0.1) is 4.47 Å². The Balaban J connectivity index is 2.37. The van der Waals surface area contributed by atoms with Crippen LogP contribution in [-0.4, -0.2) is 9.97 Å². The van der Waals surface area contributed by atoms with E-state index in [-0.39, 0.29) is 5.95 Å². The summed E-state index contributed by atoms with van der Waals surface area (Å²) in [7, 11) is 0. The van der Waals surface area contributed by atoms with E-state index in [1.807, 2.05) is 25.1 Å². The van der Waals surface area contributed by atoms with Crippen molar-refractivity contribution in [3.63, 3.8) is 0 Å². The van der Waals surface area contributed by atoms with Crippen LogP contribution in [-0.2, 0) is 0 Å². The van der Waals surface area contributed by atoms with Crippen molar-refractivity contribution in [2.45, 2.75) is 6.92 Å². The summed E-state index contributed by atoms with van der Waals surface area (Å²) in [5.41, 5.74) is 7.49. The molecule has 0 unspecified atom stereocenters. The number of nitrogens with zero attached hydrogens (tertiary/aromatic N) is 2. The van der Waals surface area contributed by atoms with Crippen LogP contribution in [0, 0.1) is 6.92 Å². The molecule has 0 saturated carbocycles. The molecule has 0 aliphatic rings. The molecule has 4 nitrogen and oxygen atoms in total. The number of nitrogen functional groups attached to an aromatic ring is 1. The molecule has 0 aliphatic carbocycles. The second-order valence-electron chi connectivity index (χ2n) is 3.51. The van der Waals surface area contributed by atoms with Gasteiger partial charge in [0.15, 0.2) is 0 Å². The number of rotatable bonds is 2. The molecular formula is C11H10BrClN4. The van der Waals surface area contributed by atoms with Crippen molar-refractivity contribution in [2.24, 2.45) is 0 Å². The Hall–Kier alpha value is -1.33. The molecule has 1 aromatic carbocycles. The van der Waals surface area contributed by atoms with Gasteiger partial charge in [-0.05, 0) is 40.5 Å². The molecular weight excluding hydrogens is 304 g/mol. The van der Waals surface area contributed by atoms with Gasteiger partial charge in [0.2, 0.25) is 5.95 Å². The minimum absolute atomic E-state index is 0.218. The van der Waals surface area contributed by atoms with E-state index >= 15 is 0 Å². The molecule has 1 heterocycles. The second-order valence-corrected chi connectivity index (χ2v) is 4.80. The van der Waals surface area contributed by atoms with Crippen LogP contribution in [0.2, 0.25) is 5.02 Å². The standard InChI is InChI=1S/C11H10BrClN4/c1-6-2-3-7(13)4-9(6)16-10-8(12)5-15-11(14)17-10/h2-5H,1H3,(H3,14,15,16,17). The summed E-state index contributed by atoms with van der Waals surface area (Å²) in [4.78, 5) is 7.98. The third-order valence-electron chi connectivity index (χ3n) is 2.22. The molecule has 3 N–H and O–H groups in total. The normalized spacial score (nSPS) is 10.3. The smallest absolute Gasteiger partial charge is 0.222 e. The number of aromatic nitrogens is 2. The molecule has 0 saturated heterocycles. The van der Waals surface area contributed by atoms with Gasteiger partial charge in [0, 0.05) is 16.9 Å². The molecule has 0 aliphatic heterocycles. The predicted molar refractivity (Wildman–Crippen MR) is 73.6 cm³/mol. The molecule has 17 heavy (non-hydrogen) atoms. The lowest BCUT2D eigenvalue weighted by molar-refractivity contribution is 1.17. The fourth-order valence-electron chi connectivity index (χ4n) is 1.32. The van der Waals surface area contributed by atoms with Crippen molar-refractivity contribution in [3.8, 4) is 0 Å². The first-order valence-electron chi connectivity index (χ1n) is 4.87. The Kier molecular flexibility index (Phi) is 3.49. The number of anilines is 3. The number of benzene rings is 1. The van der Waals surface area contributed by atoms with E-state index in [2.05, 4.69) is 31.2 Å². The number of nitrogens with two attached hydrogens (primary N) is 1. The third-order valence-corrected chi connectivity index (χ3v) is 3.03. The highest BCUT2D eigenvalue weighted by Gasteiger charge is 2.06. The van der Waals surface area contributed by atoms with Gasteiger partial charge >= 0.3 is 0 Å². The van der Waals surface area contributed by atoms with Gasteiger partial charge in [-0.25, -0.2) is 4.98 Å². The number of aryl methyl sites for hydroxylation is 1. The van der Waals surface area contributed by atoms with Crippen molar-refractivity contribution in [1.82, 2.24) is 9.97 Å². The van der Waals surface area contributed by atoms with Crippen LogP contribution in [0.1, 0.15) is 5.56 Å². The quantitative estimate of drug-likeness (QED) is 0.890. The Morgan fingerprint density at radius 2 is 2.18 bits per heavy atom. The van der Waals surface area contributed by atoms with Crippen LogP contribution in [0.15, 0.2) is 28.9 Å². The molecule has 0 radical (unpaired) electrons. The van der Waals surface area contributed by atoms with Gasteiger partial charge in [0.1, 0.15) is 5.82 Å².